The third kappa shape index (κ3) is 3.86. The van der Waals surface area contributed by atoms with Gasteiger partial charge in [0.2, 0.25) is 11.9 Å². The summed E-state index contributed by atoms with van der Waals surface area (Å²) in [5.41, 5.74) is 2.45. The van der Waals surface area contributed by atoms with Crippen LogP contribution in [0.5, 0.6) is 6.01 Å². The Bertz CT molecular complexity index is 432. The van der Waals surface area contributed by atoms with Crippen LogP contribution in [-0.2, 0) is 0 Å². The molecule has 0 bridgehead atoms. The predicted molar refractivity (Wildman–Crippen MR) is 82.0 cm³/mol. The van der Waals surface area contributed by atoms with Crippen molar-refractivity contribution < 1.29 is 4.74 Å². The zero-order valence-corrected chi connectivity index (χ0v) is 12.7. The van der Waals surface area contributed by atoms with E-state index in [1.165, 1.54) is 12.8 Å². The normalized spacial score (nSPS) is 21.8. The van der Waals surface area contributed by atoms with Gasteiger partial charge in [0.25, 0.3) is 0 Å². The van der Waals surface area contributed by atoms with E-state index in [2.05, 4.69) is 32.0 Å². The molecule has 1 saturated carbocycles. The van der Waals surface area contributed by atoms with E-state index in [0.29, 0.717) is 35.8 Å². The van der Waals surface area contributed by atoms with E-state index >= 15 is 0 Å². The number of thioether (sulfide) groups is 1. The average Bonchev–Trinajstić information content (AvgIpc) is 2.92. The average molecular weight is 298 g/mol. The summed E-state index contributed by atoms with van der Waals surface area (Å²) in [4.78, 5) is 12.6. The first-order valence-electron chi connectivity index (χ1n) is 6.91. The Morgan fingerprint density at radius 1 is 1.30 bits per heavy atom. The van der Waals surface area contributed by atoms with Gasteiger partial charge in [-0.25, -0.2) is 5.84 Å². The monoisotopic (exact) mass is 298 g/mol. The van der Waals surface area contributed by atoms with Crippen LogP contribution < -0.4 is 21.3 Å². The molecule has 7 nitrogen and oxygen atoms in total. The molecule has 0 radical (unpaired) electrons. The van der Waals surface area contributed by atoms with E-state index in [4.69, 9.17) is 10.6 Å². The lowest BCUT2D eigenvalue weighted by Gasteiger charge is -2.19. The maximum atomic E-state index is 5.45. The Kier molecular flexibility index (Phi) is 5.66. The topological polar surface area (TPSA) is 98.0 Å². The first kappa shape index (κ1) is 15.1. The van der Waals surface area contributed by atoms with Gasteiger partial charge >= 0.3 is 6.01 Å². The van der Waals surface area contributed by atoms with Gasteiger partial charge in [-0.05, 0) is 25.5 Å². The molecule has 0 spiro atoms. The smallest absolute Gasteiger partial charge is 0.323 e. The largest absolute Gasteiger partial charge is 0.463 e. The van der Waals surface area contributed by atoms with Crippen LogP contribution in [0.25, 0.3) is 0 Å². The van der Waals surface area contributed by atoms with E-state index in [1.807, 2.05) is 18.7 Å². The Balaban J connectivity index is 2.09. The van der Waals surface area contributed by atoms with Crippen LogP contribution in [0.1, 0.15) is 32.6 Å². The van der Waals surface area contributed by atoms with Crippen molar-refractivity contribution in [1.82, 2.24) is 15.0 Å². The molecular formula is C12H22N6OS. The van der Waals surface area contributed by atoms with Crippen molar-refractivity contribution in [1.29, 1.82) is 0 Å². The van der Waals surface area contributed by atoms with E-state index in [0.717, 1.165) is 12.8 Å². The summed E-state index contributed by atoms with van der Waals surface area (Å²) in [7, 11) is 0. The molecule has 2 unspecified atom stereocenters. The highest BCUT2D eigenvalue weighted by Crippen LogP contribution is 2.30. The number of rotatable bonds is 7. The lowest BCUT2D eigenvalue weighted by Crippen LogP contribution is -2.27. The second-order valence-electron chi connectivity index (χ2n) is 4.71. The number of nitrogen functional groups attached to an aromatic ring is 1. The first-order chi connectivity index (χ1) is 9.76. The van der Waals surface area contributed by atoms with Gasteiger partial charge in [0.05, 0.1) is 6.61 Å². The summed E-state index contributed by atoms with van der Waals surface area (Å²) >= 11 is 1.88. The van der Waals surface area contributed by atoms with Crippen molar-refractivity contribution in [3.8, 4) is 6.01 Å². The van der Waals surface area contributed by atoms with E-state index < -0.39 is 0 Å². The molecule has 1 fully saturated rings. The molecule has 2 rings (SSSR count). The van der Waals surface area contributed by atoms with Gasteiger partial charge in [-0.2, -0.15) is 26.7 Å². The van der Waals surface area contributed by atoms with Crippen LogP contribution in [0.2, 0.25) is 0 Å². The lowest BCUT2D eigenvalue weighted by atomic mass is 10.2. The molecule has 20 heavy (non-hydrogen) atoms. The number of aromatic nitrogens is 3. The number of ether oxygens (including phenoxy) is 1. The molecular weight excluding hydrogens is 276 g/mol. The van der Waals surface area contributed by atoms with Gasteiger partial charge in [0.1, 0.15) is 0 Å². The van der Waals surface area contributed by atoms with Crippen LogP contribution in [0.15, 0.2) is 0 Å². The predicted octanol–water partition coefficient (Wildman–Crippen LogP) is 1.64. The fraction of sp³-hybridized carbons (Fsp3) is 0.750. The first-order valence-corrected chi connectivity index (χ1v) is 8.20. The van der Waals surface area contributed by atoms with Crippen LogP contribution in [-0.4, -0.2) is 39.1 Å². The Hall–Kier alpha value is -1.28. The van der Waals surface area contributed by atoms with Crippen molar-refractivity contribution in [2.24, 2.45) is 5.84 Å². The standard InChI is InChI=1S/C12H22N6OS/c1-3-7-19-12-16-10(15-11(17-12)18-13)14-8-5-4-6-9(8)20-2/h8-9H,3-7,13H2,1-2H3,(H2,14,15,16,17,18). The third-order valence-corrected chi connectivity index (χ3v) is 4.42. The van der Waals surface area contributed by atoms with Crippen LogP contribution in [0, 0.1) is 0 Å². The molecule has 2 atom stereocenters. The molecule has 0 aromatic carbocycles. The highest BCUT2D eigenvalue weighted by molar-refractivity contribution is 7.99. The fourth-order valence-electron chi connectivity index (χ4n) is 2.28. The van der Waals surface area contributed by atoms with E-state index in [1.54, 1.807) is 0 Å². The summed E-state index contributed by atoms with van der Waals surface area (Å²) < 4.78 is 5.45. The summed E-state index contributed by atoms with van der Waals surface area (Å²) in [5.74, 6) is 6.22. The van der Waals surface area contributed by atoms with Gasteiger partial charge in [0.15, 0.2) is 0 Å². The number of hydrogen-bond donors (Lipinski definition) is 3. The van der Waals surface area contributed by atoms with Crippen molar-refractivity contribution in [2.45, 2.75) is 43.9 Å². The molecule has 1 aromatic heterocycles. The zero-order valence-electron chi connectivity index (χ0n) is 11.9. The number of nitrogens with two attached hydrogens (primary N) is 1. The van der Waals surface area contributed by atoms with Crippen LogP contribution in [0.3, 0.4) is 0 Å². The van der Waals surface area contributed by atoms with Gasteiger partial charge in [-0.15, -0.1) is 0 Å². The lowest BCUT2D eigenvalue weighted by molar-refractivity contribution is 0.292. The number of hydrogen-bond acceptors (Lipinski definition) is 8. The van der Waals surface area contributed by atoms with Crippen molar-refractivity contribution in [3.05, 3.63) is 0 Å². The number of nitrogens with one attached hydrogen (secondary N) is 2. The minimum absolute atomic E-state index is 0.302. The fourth-order valence-corrected chi connectivity index (χ4v) is 3.22. The molecule has 0 saturated heterocycles. The summed E-state index contributed by atoms with van der Waals surface area (Å²) in [6.07, 6.45) is 6.63. The molecule has 0 aliphatic heterocycles. The molecule has 1 aliphatic carbocycles. The highest BCUT2D eigenvalue weighted by atomic mass is 32.2. The second-order valence-corrected chi connectivity index (χ2v) is 5.79. The van der Waals surface area contributed by atoms with Gasteiger partial charge in [0, 0.05) is 11.3 Å². The molecule has 0 amide bonds. The van der Waals surface area contributed by atoms with Crippen molar-refractivity contribution in [2.75, 3.05) is 23.6 Å². The minimum atomic E-state index is 0.302. The Morgan fingerprint density at radius 3 is 2.80 bits per heavy atom. The molecule has 4 N–H and O–H groups in total. The zero-order chi connectivity index (χ0) is 14.4. The Labute approximate surface area is 123 Å². The number of anilines is 2. The molecule has 1 aliphatic rings. The van der Waals surface area contributed by atoms with Crippen molar-refractivity contribution >= 4 is 23.7 Å². The third-order valence-electron chi connectivity index (χ3n) is 3.25. The summed E-state index contributed by atoms with van der Waals surface area (Å²) in [6.45, 7) is 2.61. The number of hydrazine groups is 1. The molecule has 1 heterocycles. The van der Waals surface area contributed by atoms with E-state index in [9.17, 15) is 0 Å². The Morgan fingerprint density at radius 2 is 2.10 bits per heavy atom. The highest BCUT2D eigenvalue weighted by Gasteiger charge is 2.27. The van der Waals surface area contributed by atoms with Gasteiger partial charge in [-0.1, -0.05) is 13.3 Å². The quantitative estimate of drug-likeness (QED) is 0.516. The minimum Gasteiger partial charge on any atom is -0.463 e. The summed E-state index contributed by atoms with van der Waals surface area (Å²) in [6, 6.07) is 0.688. The molecule has 112 valence electrons. The van der Waals surface area contributed by atoms with Crippen LogP contribution in [0.4, 0.5) is 11.9 Å². The second kappa shape index (κ2) is 7.49. The van der Waals surface area contributed by atoms with Crippen LogP contribution >= 0.6 is 11.8 Å². The molecule has 8 heteroatoms. The maximum Gasteiger partial charge on any atom is 0.323 e. The van der Waals surface area contributed by atoms with Crippen molar-refractivity contribution in [3.63, 3.8) is 0 Å². The van der Waals surface area contributed by atoms with E-state index in [-0.39, 0.29) is 0 Å². The summed E-state index contributed by atoms with van der Waals surface area (Å²) in [5, 5.41) is 3.97. The SMILES string of the molecule is CCCOc1nc(NN)nc(NC2CCCC2SC)n1. The molecule has 1 aromatic rings. The van der Waals surface area contributed by atoms with Gasteiger partial charge in [-0.3, -0.25) is 5.43 Å². The van der Waals surface area contributed by atoms with Gasteiger partial charge < -0.3 is 10.1 Å². The number of nitrogens with zero attached hydrogens (tertiary/aromatic N) is 3. The maximum absolute atomic E-state index is 5.45.